The van der Waals surface area contributed by atoms with Crippen LogP contribution in [0.15, 0.2) is 20.0 Å². The minimum Gasteiger partial charge on any atom is -0.267 e. The zero-order valence-corrected chi connectivity index (χ0v) is 5.71. The van der Waals surface area contributed by atoms with Crippen LogP contribution in [0.2, 0.25) is 0 Å². The van der Waals surface area contributed by atoms with Crippen LogP contribution >= 0.6 is 11.6 Å². The molecule has 2 rings (SSSR count). The number of hydrogen-bond acceptors (Lipinski definition) is 4. The molecule has 0 saturated carbocycles. The van der Waals surface area contributed by atoms with Gasteiger partial charge in [-0.2, -0.15) is 4.99 Å². The molecule has 2 aliphatic rings. The minimum atomic E-state index is 0.249. The van der Waals surface area contributed by atoms with Crippen molar-refractivity contribution in [3.8, 4) is 0 Å². The summed E-state index contributed by atoms with van der Waals surface area (Å²) in [5.41, 5.74) is 0.757. The Morgan fingerprint density at radius 1 is 1.40 bits per heavy atom. The van der Waals surface area contributed by atoms with Gasteiger partial charge >= 0.3 is 0 Å². The average Bonchev–Trinajstić information content (AvgIpc) is 2.27. The number of hydrogen-bond donors (Lipinski definition) is 0. The predicted octanol–water partition coefficient (Wildman–Crippen LogP) is 0.476. The van der Waals surface area contributed by atoms with E-state index in [1.807, 2.05) is 0 Å². The maximum absolute atomic E-state index is 5.51. The van der Waals surface area contributed by atoms with Crippen LogP contribution in [0.5, 0.6) is 0 Å². The summed E-state index contributed by atoms with van der Waals surface area (Å²) < 4.78 is 0. The molecule has 0 aromatic carbocycles. The topological polar surface area (TPSA) is 49.4 Å². The third-order valence-electron chi connectivity index (χ3n) is 1.19. The zero-order chi connectivity index (χ0) is 6.97. The lowest BCUT2D eigenvalue weighted by Crippen LogP contribution is -2.15. The van der Waals surface area contributed by atoms with Gasteiger partial charge in [-0.1, -0.05) is 0 Å². The second-order valence-electron chi connectivity index (χ2n) is 1.85. The van der Waals surface area contributed by atoms with E-state index in [1.54, 1.807) is 0 Å². The van der Waals surface area contributed by atoms with Gasteiger partial charge in [0.05, 0.1) is 6.54 Å². The summed E-state index contributed by atoms with van der Waals surface area (Å²) in [7, 11) is 0. The third kappa shape index (κ3) is 0.769. The molecule has 0 spiro atoms. The van der Waals surface area contributed by atoms with E-state index in [9.17, 15) is 0 Å². The van der Waals surface area contributed by atoms with E-state index in [2.05, 4.69) is 20.0 Å². The van der Waals surface area contributed by atoms with Gasteiger partial charge in [0.1, 0.15) is 12.1 Å². The van der Waals surface area contributed by atoms with Gasteiger partial charge in [0, 0.05) is 0 Å². The normalized spacial score (nSPS) is 21.5. The lowest BCUT2D eigenvalue weighted by atomic mass is 10.3. The summed E-state index contributed by atoms with van der Waals surface area (Å²) in [5.74, 6) is 0.597. The van der Waals surface area contributed by atoms with E-state index in [0.717, 1.165) is 5.71 Å². The Hall–Kier alpha value is -1.03. The number of amidine groups is 2. The van der Waals surface area contributed by atoms with E-state index in [-0.39, 0.29) is 5.29 Å². The van der Waals surface area contributed by atoms with Gasteiger partial charge in [-0.05, 0) is 11.6 Å². The first-order chi connectivity index (χ1) is 4.86. The highest BCUT2D eigenvalue weighted by Crippen LogP contribution is 2.05. The molecular formula is C5H3ClN4. The molecule has 0 amide bonds. The van der Waals surface area contributed by atoms with Crippen molar-refractivity contribution < 1.29 is 0 Å². The molecule has 5 heteroatoms. The third-order valence-corrected chi connectivity index (χ3v) is 1.36. The fourth-order valence-electron chi connectivity index (χ4n) is 0.771. The average molecular weight is 155 g/mol. The summed E-state index contributed by atoms with van der Waals surface area (Å²) in [6, 6.07) is 0. The highest BCUT2D eigenvalue weighted by atomic mass is 35.5. The number of halogens is 1. The first-order valence-corrected chi connectivity index (χ1v) is 3.12. The Kier molecular flexibility index (Phi) is 1.14. The Morgan fingerprint density at radius 3 is 3.10 bits per heavy atom. The summed E-state index contributed by atoms with van der Waals surface area (Å²) in [5, 5.41) is 0.249. The quantitative estimate of drug-likeness (QED) is 0.456. The predicted molar refractivity (Wildman–Crippen MR) is 41.5 cm³/mol. The van der Waals surface area contributed by atoms with Gasteiger partial charge in [0.15, 0.2) is 5.84 Å². The smallest absolute Gasteiger partial charge is 0.224 e. The Bertz CT molecular complexity index is 286. The molecule has 10 heavy (non-hydrogen) atoms. The Labute approximate surface area is 62.1 Å². The molecule has 0 bridgehead atoms. The van der Waals surface area contributed by atoms with E-state index < -0.39 is 0 Å². The maximum atomic E-state index is 5.51. The van der Waals surface area contributed by atoms with Gasteiger partial charge in [0.2, 0.25) is 5.29 Å². The monoisotopic (exact) mass is 154 g/mol. The van der Waals surface area contributed by atoms with Crippen molar-refractivity contribution in [2.75, 3.05) is 6.54 Å². The van der Waals surface area contributed by atoms with Crippen LogP contribution < -0.4 is 0 Å². The van der Waals surface area contributed by atoms with Crippen molar-refractivity contribution >= 4 is 34.8 Å². The van der Waals surface area contributed by atoms with Crippen molar-refractivity contribution in [1.29, 1.82) is 0 Å². The second-order valence-corrected chi connectivity index (χ2v) is 2.19. The first kappa shape index (κ1) is 5.73. The Morgan fingerprint density at radius 2 is 2.30 bits per heavy atom. The van der Waals surface area contributed by atoms with Crippen molar-refractivity contribution in [3.63, 3.8) is 0 Å². The molecule has 0 aromatic rings. The summed E-state index contributed by atoms with van der Waals surface area (Å²) in [6.07, 6.45) is 1.47. The van der Waals surface area contributed by atoms with Crippen LogP contribution in [-0.2, 0) is 0 Å². The molecule has 0 radical (unpaired) electrons. The van der Waals surface area contributed by atoms with Gasteiger partial charge in [0.25, 0.3) is 0 Å². The lowest BCUT2D eigenvalue weighted by molar-refractivity contribution is 1.29. The summed E-state index contributed by atoms with van der Waals surface area (Å²) >= 11 is 5.51. The standard InChI is InChI=1S/C5H3ClN4/c6-5-9-3-1-7-2-8-4(3)10-5/h2H,1H2. The van der Waals surface area contributed by atoms with Crippen LogP contribution in [0.3, 0.4) is 0 Å². The van der Waals surface area contributed by atoms with Gasteiger partial charge in [-0.15, -0.1) is 0 Å². The molecule has 2 heterocycles. The Balaban J connectivity index is 2.45. The van der Waals surface area contributed by atoms with E-state index in [0.29, 0.717) is 12.4 Å². The van der Waals surface area contributed by atoms with Crippen molar-refractivity contribution in [3.05, 3.63) is 0 Å². The largest absolute Gasteiger partial charge is 0.267 e. The molecule has 0 unspecified atom stereocenters. The maximum Gasteiger partial charge on any atom is 0.224 e. The van der Waals surface area contributed by atoms with Gasteiger partial charge in [-0.25, -0.2) is 9.98 Å². The number of fused-ring (bicyclic) bond motifs is 1. The summed E-state index contributed by atoms with van der Waals surface area (Å²) in [6.45, 7) is 0.540. The zero-order valence-electron chi connectivity index (χ0n) is 4.95. The second kappa shape index (κ2) is 1.98. The molecular weight excluding hydrogens is 152 g/mol. The molecule has 0 N–H and O–H groups in total. The molecule has 4 nitrogen and oxygen atoms in total. The summed E-state index contributed by atoms with van der Waals surface area (Å²) in [4.78, 5) is 15.5. The van der Waals surface area contributed by atoms with Crippen molar-refractivity contribution in [2.24, 2.45) is 20.0 Å². The molecule has 0 atom stereocenters. The molecule has 0 saturated heterocycles. The van der Waals surface area contributed by atoms with Crippen molar-refractivity contribution in [1.82, 2.24) is 0 Å². The lowest BCUT2D eigenvalue weighted by Gasteiger charge is -1.97. The van der Waals surface area contributed by atoms with Crippen LogP contribution in [0.25, 0.3) is 0 Å². The highest BCUT2D eigenvalue weighted by molar-refractivity contribution is 6.71. The SMILES string of the molecule is ClC1=NC2=NC=NCC2=N1. The molecule has 0 aliphatic carbocycles. The molecule has 50 valence electrons. The van der Waals surface area contributed by atoms with Crippen LogP contribution in [0.4, 0.5) is 0 Å². The first-order valence-electron chi connectivity index (χ1n) is 2.74. The van der Waals surface area contributed by atoms with E-state index in [1.165, 1.54) is 6.34 Å². The number of aliphatic imine (C=N–C) groups is 4. The minimum absolute atomic E-state index is 0.249. The van der Waals surface area contributed by atoms with Crippen LogP contribution in [0, 0.1) is 0 Å². The van der Waals surface area contributed by atoms with Crippen LogP contribution in [0.1, 0.15) is 0 Å². The fraction of sp³-hybridized carbons (Fsp3) is 0.200. The van der Waals surface area contributed by atoms with E-state index in [4.69, 9.17) is 11.6 Å². The van der Waals surface area contributed by atoms with E-state index >= 15 is 0 Å². The molecule has 2 aliphatic heterocycles. The van der Waals surface area contributed by atoms with Crippen molar-refractivity contribution in [2.45, 2.75) is 0 Å². The van der Waals surface area contributed by atoms with Gasteiger partial charge < -0.3 is 0 Å². The van der Waals surface area contributed by atoms with Crippen LogP contribution in [-0.4, -0.2) is 29.7 Å². The fourth-order valence-corrected chi connectivity index (χ4v) is 0.953. The number of rotatable bonds is 0. The molecule has 0 fully saturated rings. The highest BCUT2D eigenvalue weighted by Gasteiger charge is 2.17. The van der Waals surface area contributed by atoms with Gasteiger partial charge in [-0.3, -0.25) is 4.99 Å². The molecule has 0 aromatic heterocycles. The number of nitrogens with zero attached hydrogens (tertiary/aromatic N) is 4.